The molecular formula is C27H54O2. The lowest BCUT2D eigenvalue weighted by Gasteiger charge is -2.11. The highest BCUT2D eigenvalue weighted by molar-refractivity contribution is 5.69. The van der Waals surface area contributed by atoms with Crippen molar-refractivity contribution in [2.75, 3.05) is 0 Å². The molecule has 0 aliphatic carbocycles. The second kappa shape index (κ2) is 23.7. The molecule has 1 unspecified atom stereocenters. The van der Waals surface area contributed by atoms with Crippen LogP contribution < -0.4 is 0 Å². The topological polar surface area (TPSA) is 37.3 Å². The van der Waals surface area contributed by atoms with Crippen molar-refractivity contribution in [2.24, 2.45) is 5.92 Å². The van der Waals surface area contributed by atoms with E-state index in [-0.39, 0.29) is 5.92 Å². The largest absolute Gasteiger partial charge is 0.481 e. The summed E-state index contributed by atoms with van der Waals surface area (Å²) < 4.78 is 0. The predicted molar refractivity (Wildman–Crippen MR) is 129 cm³/mol. The van der Waals surface area contributed by atoms with E-state index in [1.807, 2.05) is 0 Å². The molecule has 0 aromatic carbocycles. The summed E-state index contributed by atoms with van der Waals surface area (Å²) in [6.45, 7) is 4.46. The number of carbonyl (C=O) groups is 1. The van der Waals surface area contributed by atoms with E-state index in [4.69, 9.17) is 0 Å². The predicted octanol–water partition coefficient (Wildman–Crippen LogP) is 9.70. The van der Waals surface area contributed by atoms with Crippen LogP contribution in [0.15, 0.2) is 0 Å². The van der Waals surface area contributed by atoms with Crippen LogP contribution in [0.4, 0.5) is 0 Å². The lowest BCUT2D eigenvalue weighted by molar-refractivity contribution is -0.142. The lowest BCUT2D eigenvalue weighted by Crippen LogP contribution is -2.13. The smallest absolute Gasteiger partial charge is 0.306 e. The van der Waals surface area contributed by atoms with E-state index < -0.39 is 5.97 Å². The molecule has 2 nitrogen and oxygen atoms in total. The van der Waals surface area contributed by atoms with Gasteiger partial charge in [0.1, 0.15) is 0 Å². The van der Waals surface area contributed by atoms with Gasteiger partial charge in [-0.1, -0.05) is 149 Å². The van der Waals surface area contributed by atoms with E-state index in [0.717, 1.165) is 25.7 Å². The van der Waals surface area contributed by atoms with Crippen LogP contribution in [0.25, 0.3) is 0 Å². The Balaban J connectivity index is 3.24. The molecular weight excluding hydrogens is 356 g/mol. The molecule has 1 N–H and O–H groups in total. The van der Waals surface area contributed by atoms with Gasteiger partial charge in [0.25, 0.3) is 0 Å². The molecule has 0 radical (unpaired) electrons. The van der Waals surface area contributed by atoms with Crippen molar-refractivity contribution in [2.45, 2.75) is 162 Å². The van der Waals surface area contributed by atoms with Crippen LogP contribution in [0.5, 0.6) is 0 Å². The van der Waals surface area contributed by atoms with Crippen molar-refractivity contribution in [3.05, 3.63) is 0 Å². The molecule has 0 aliphatic heterocycles. The summed E-state index contributed by atoms with van der Waals surface area (Å²) >= 11 is 0. The third-order valence-electron chi connectivity index (χ3n) is 6.41. The lowest BCUT2D eigenvalue weighted by atomic mass is 9.94. The van der Waals surface area contributed by atoms with Crippen LogP contribution >= 0.6 is 0 Å². The van der Waals surface area contributed by atoms with Crippen LogP contribution in [-0.4, -0.2) is 11.1 Å². The Hall–Kier alpha value is -0.530. The zero-order chi connectivity index (χ0) is 21.4. The zero-order valence-corrected chi connectivity index (χ0v) is 20.2. The van der Waals surface area contributed by atoms with Crippen molar-refractivity contribution < 1.29 is 9.90 Å². The molecule has 174 valence electrons. The summed E-state index contributed by atoms with van der Waals surface area (Å²) in [4.78, 5) is 11.3. The highest BCUT2D eigenvalue weighted by Crippen LogP contribution is 2.19. The Morgan fingerprint density at radius 1 is 0.483 bits per heavy atom. The second-order valence-electron chi connectivity index (χ2n) is 9.33. The fraction of sp³-hybridized carbons (Fsp3) is 0.963. The number of hydrogen-bond acceptors (Lipinski definition) is 1. The van der Waals surface area contributed by atoms with Gasteiger partial charge in [-0.25, -0.2) is 0 Å². The van der Waals surface area contributed by atoms with Crippen LogP contribution in [0, 0.1) is 5.92 Å². The monoisotopic (exact) mass is 410 g/mol. The first-order valence-corrected chi connectivity index (χ1v) is 13.4. The summed E-state index contributed by atoms with van der Waals surface area (Å²) in [5, 5.41) is 9.32. The Labute approximate surface area is 183 Å². The van der Waals surface area contributed by atoms with Crippen molar-refractivity contribution >= 4 is 5.97 Å². The molecule has 0 heterocycles. The van der Waals surface area contributed by atoms with Crippen LogP contribution in [-0.2, 0) is 4.79 Å². The molecule has 0 spiro atoms. The highest BCUT2D eigenvalue weighted by atomic mass is 16.4. The first-order valence-electron chi connectivity index (χ1n) is 13.4. The quantitative estimate of drug-likeness (QED) is 0.161. The van der Waals surface area contributed by atoms with Gasteiger partial charge in [-0.05, 0) is 12.8 Å². The van der Waals surface area contributed by atoms with E-state index in [2.05, 4.69) is 13.8 Å². The first kappa shape index (κ1) is 28.5. The Morgan fingerprint density at radius 2 is 0.724 bits per heavy atom. The van der Waals surface area contributed by atoms with E-state index >= 15 is 0 Å². The summed E-state index contributed by atoms with van der Waals surface area (Å²) in [5.41, 5.74) is 0. The third-order valence-corrected chi connectivity index (χ3v) is 6.41. The number of carboxylic acid groups (broad SMARTS) is 1. The number of rotatable bonds is 24. The van der Waals surface area contributed by atoms with Gasteiger partial charge in [-0.15, -0.1) is 0 Å². The number of carboxylic acids is 1. The van der Waals surface area contributed by atoms with Gasteiger partial charge in [0.05, 0.1) is 5.92 Å². The van der Waals surface area contributed by atoms with E-state index in [9.17, 15) is 9.90 Å². The third kappa shape index (κ3) is 22.0. The number of aliphatic carboxylic acids is 1. The Bertz CT molecular complexity index is 326. The van der Waals surface area contributed by atoms with Crippen LogP contribution in [0.3, 0.4) is 0 Å². The normalized spacial score (nSPS) is 12.3. The van der Waals surface area contributed by atoms with Gasteiger partial charge in [0.15, 0.2) is 0 Å². The van der Waals surface area contributed by atoms with Crippen LogP contribution in [0.2, 0.25) is 0 Å². The fourth-order valence-corrected chi connectivity index (χ4v) is 4.32. The average Bonchev–Trinajstić information content (AvgIpc) is 2.71. The van der Waals surface area contributed by atoms with Crippen molar-refractivity contribution in [3.8, 4) is 0 Å². The van der Waals surface area contributed by atoms with Gasteiger partial charge in [0, 0.05) is 0 Å². The molecule has 29 heavy (non-hydrogen) atoms. The Kier molecular flexibility index (Phi) is 23.3. The Morgan fingerprint density at radius 3 is 1.03 bits per heavy atom. The fourth-order valence-electron chi connectivity index (χ4n) is 4.32. The molecule has 0 aliphatic rings. The van der Waals surface area contributed by atoms with Gasteiger partial charge in [-0.3, -0.25) is 4.79 Å². The molecule has 0 rings (SSSR count). The van der Waals surface area contributed by atoms with Gasteiger partial charge in [-0.2, -0.15) is 0 Å². The molecule has 0 aromatic heterocycles. The average molecular weight is 411 g/mol. The minimum absolute atomic E-state index is 0.0948. The molecule has 0 fully saturated rings. The second-order valence-corrected chi connectivity index (χ2v) is 9.33. The van der Waals surface area contributed by atoms with Crippen molar-refractivity contribution in [1.29, 1.82) is 0 Å². The summed E-state index contributed by atoms with van der Waals surface area (Å²) in [6.07, 6.45) is 30.1. The van der Waals surface area contributed by atoms with E-state index in [1.54, 1.807) is 0 Å². The minimum atomic E-state index is -0.576. The van der Waals surface area contributed by atoms with Crippen LogP contribution in [0.1, 0.15) is 162 Å². The van der Waals surface area contributed by atoms with Crippen molar-refractivity contribution in [1.82, 2.24) is 0 Å². The molecule has 2 heteroatoms. The van der Waals surface area contributed by atoms with Crippen molar-refractivity contribution in [3.63, 3.8) is 0 Å². The minimum Gasteiger partial charge on any atom is -0.481 e. The van der Waals surface area contributed by atoms with Gasteiger partial charge < -0.3 is 5.11 Å². The standard InChI is InChI=1S/C27H54O2/c1-3-5-7-8-9-10-11-12-13-14-15-16-17-18-19-20-21-23-25-26(27(28)29)24-22-6-4-2/h26H,3-25H2,1-2H3,(H,28,29). The van der Waals surface area contributed by atoms with E-state index in [0.29, 0.717) is 0 Å². The zero-order valence-electron chi connectivity index (χ0n) is 20.2. The van der Waals surface area contributed by atoms with E-state index in [1.165, 1.54) is 122 Å². The molecule has 0 bridgehead atoms. The SMILES string of the molecule is CCCCCCCCCCCCCCCCCCCCC(CCCCC)C(=O)O. The molecule has 0 amide bonds. The van der Waals surface area contributed by atoms with Gasteiger partial charge >= 0.3 is 5.97 Å². The molecule has 1 atom stereocenters. The summed E-state index contributed by atoms with van der Waals surface area (Å²) in [5.74, 6) is -0.671. The first-order chi connectivity index (χ1) is 14.2. The maximum Gasteiger partial charge on any atom is 0.306 e. The summed E-state index contributed by atoms with van der Waals surface area (Å²) in [7, 11) is 0. The maximum absolute atomic E-state index is 11.3. The number of hydrogen-bond donors (Lipinski definition) is 1. The maximum atomic E-state index is 11.3. The molecule has 0 saturated carbocycles. The van der Waals surface area contributed by atoms with Gasteiger partial charge in [0.2, 0.25) is 0 Å². The molecule has 0 aromatic rings. The molecule has 0 saturated heterocycles. The number of unbranched alkanes of at least 4 members (excludes halogenated alkanes) is 19. The summed E-state index contributed by atoms with van der Waals surface area (Å²) in [6, 6.07) is 0. The highest BCUT2D eigenvalue weighted by Gasteiger charge is 2.15.